The Morgan fingerprint density at radius 3 is 2.67 bits per heavy atom. The summed E-state index contributed by atoms with van der Waals surface area (Å²) in [5, 5.41) is 2.96. The van der Waals surface area contributed by atoms with Crippen LogP contribution in [0.3, 0.4) is 0 Å². The molecule has 4 heteroatoms. The molecule has 0 radical (unpaired) electrons. The summed E-state index contributed by atoms with van der Waals surface area (Å²) >= 11 is 0. The maximum Gasteiger partial charge on any atom is 0.224 e. The van der Waals surface area contributed by atoms with E-state index in [1.807, 2.05) is 24.3 Å². The number of likely N-dealkylation sites (tertiary alicyclic amines) is 1. The molecule has 114 valence electrons. The first-order chi connectivity index (χ1) is 10.2. The number of nitrogens with zero attached hydrogens (tertiary/aromatic N) is 1. The van der Waals surface area contributed by atoms with Crippen LogP contribution in [-0.4, -0.2) is 37.6 Å². The number of amides is 1. The quantitative estimate of drug-likeness (QED) is 0.818. The molecule has 1 fully saturated rings. The molecule has 0 aromatic heterocycles. The molecular formula is C17H24N2O2. The van der Waals surface area contributed by atoms with Crippen molar-refractivity contribution in [2.45, 2.75) is 19.3 Å². The van der Waals surface area contributed by atoms with Gasteiger partial charge >= 0.3 is 0 Å². The van der Waals surface area contributed by atoms with Gasteiger partial charge in [0.15, 0.2) is 0 Å². The number of rotatable bonds is 6. The van der Waals surface area contributed by atoms with Gasteiger partial charge in [0.25, 0.3) is 0 Å². The molecule has 1 aliphatic heterocycles. The summed E-state index contributed by atoms with van der Waals surface area (Å²) < 4.78 is 5.41. The molecule has 1 aromatic carbocycles. The van der Waals surface area contributed by atoms with Gasteiger partial charge in [-0.05, 0) is 63.2 Å². The summed E-state index contributed by atoms with van der Waals surface area (Å²) in [6, 6.07) is 7.44. The Kier molecular flexibility index (Phi) is 5.81. The van der Waals surface area contributed by atoms with Crippen LogP contribution in [0, 0.1) is 5.92 Å². The predicted molar refractivity (Wildman–Crippen MR) is 85.6 cm³/mol. The fourth-order valence-corrected chi connectivity index (χ4v) is 2.53. The highest BCUT2D eigenvalue weighted by molar-refractivity contribution is 5.90. The van der Waals surface area contributed by atoms with Crippen molar-refractivity contribution in [3.8, 4) is 5.75 Å². The lowest BCUT2D eigenvalue weighted by molar-refractivity contribution is -0.117. The Labute approximate surface area is 126 Å². The lowest BCUT2D eigenvalue weighted by atomic mass is 9.93. The van der Waals surface area contributed by atoms with Gasteiger partial charge in [-0.15, -0.1) is 0 Å². The summed E-state index contributed by atoms with van der Waals surface area (Å²) in [5.41, 5.74) is 0.818. The molecular weight excluding hydrogens is 264 g/mol. The minimum absolute atomic E-state index is 0.101. The normalized spacial score (nSPS) is 16.4. The smallest absolute Gasteiger partial charge is 0.224 e. The van der Waals surface area contributed by atoms with Crippen LogP contribution >= 0.6 is 0 Å². The minimum atomic E-state index is 0.101. The SMILES string of the molecule is C=CCOc1ccc(NC(=O)CC2CCN(C)CC2)cc1. The number of carbonyl (C=O) groups excluding carboxylic acids is 1. The highest BCUT2D eigenvalue weighted by Gasteiger charge is 2.19. The van der Waals surface area contributed by atoms with Gasteiger partial charge in [-0.25, -0.2) is 0 Å². The molecule has 1 saturated heterocycles. The van der Waals surface area contributed by atoms with Gasteiger partial charge < -0.3 is 15.0 Å². The van der Waals surface area contributed by atoms with Crippen LogP contribution in [0.5, 0.6) is 5.75 Å². The van der Waals surface area contributed by atoms with Gasteiger partial charge in [0.05, 0.1) is 0 Å². The number of piperidine rings is 1. The number of hydrogen-bond donors (Lipinski definition) is 1. The Bertz CT molecular complexity index is 462. The Morgan fingerprint density at radius 2 is 2.05 bits per heavy atom. The van der Waals surface area contributed by atoms with E-state index in [9.17, 15) is 4.79 Å². The maximum atomic E-state index is 12.0. The molecule has 1 amide bonds. The van der Waals surface area contributed by atoms with Gasteiger partial charge in [0, 0.05) is 12.1 Å². The van der Waals surface area contributed by atoms with Crippen LogP contribution in [-0.2, 0) is 4.79 Å². The first kappa shape index (κ1) is 15.6. The number of hydrogen-bond acceptors (Lipinski definition) is 3. The fraction of sp³-hybridized carbons (Fsp3) is 0.471. The Morgan fingerprint density at radius 1 is 1.38 bits per heavy atom. The van der Waals surface area contributed by atoms with E-state index in [1.54, 1.807) is 6.08 Å². The average Bonchev–Trinajstić information content (AvgIpc) is 2.49. The van der Waals surface area contributed by atoms with E-state index in [1.165, 1.54) is 0 Å². The van der Waals surface area contributed by atoms with E-state index in [0.29, 0.717) is 18.9 Å². The van der Waals surface area contributed by atoms with Crippen LogP contribution in [0.15, 0.2) is 36.9 Å². The Balaban J connectivity index is 1.78. The molecule has 0 unspecified atom stereocenters. The van der Waals surface area contributed by atoms with E-state index >= 15 is 0 Å². The first-order valence-electron chi connectivity index (χ1n) is 7.49. The predicted octanol–water partition coefficient (Wildman–Crippen LogP) is 2.92. The zero-order chi connectivity index (χ0) is 15.1. The number of anilines is 1. The lowest BCUT2D eigenvalue weighted by Gasteiger charge is -2.28. The summed E-state index contributed by atoms with van der Waals surface area (Å²) in [6.07, 6.45) is 4.54. The molecule has 0 atom stereocenters. The van der Waals surface area contributed by atoms with Crippen LogP contribution in [0.25, 0.3) is 0 Å². The zero-order valence-corrected chi connectivity index (χ0v) is 12.7. The first-order valence-corrected chi connectivity index (χ1v) is 7.49. The van der Waals surface area contributed by atoms with Crippen molar-refractivity contribution in [2.75, 3.05) is 32.1 Å². The van der Waals surface area contributed by atoms with Crippen molar-refractivity contribution in [1.82, 2.24) is 4.90 Å². The topological polar surface area (TPSA) is 41.6 Å². The van der Waals surface area contributed by atoms with Gasteiger partial charge in [-0.3, -0.25) is 4.79 Å². The third-order valence-electron chi connectivity index (χ3n) is 3.82. The van der Waals surface area contributed by atoms with E-state index in [-0.39, 0.29) is 5.91 Å². The van der Waals surface area contributed by atoms with Gasteiger partial charge in [0.2, 0.25) is 5.91 Å². The van der Waals surface area contributed by atoms with Gasteiger partial charge in [-0.2, -0.15) is 0 Å². The highest BCUT2D eigenvalue weighted by atomic mass is 16.5. The molecule has 4 nitrogen and oxygen atoms in total. The molecule has 1 aliphatic rings. The fourth-order valence-electron chi connectivity index (χ4n) is 2.53. The third-order valence-corrected chi connectivity index (χ3v) is 3.82. The van der Waals surface area contributed by atoms with Crippen LogP contribution in [0.1, 0.15) is 19.3 Å². The molecule has 1 aromatic rings. The largest absolute Gasteiger partial charge is 0.490 e. The molecule has 2 rings (SSSR count). The van der Waals surface area contributed by atoms with Gasteiger partial charge in [0.1, 0.15) is 12.4 Å². The summed E-state index contributed by atoms with van der Waals surface area (Å²) in [7, 11) is 2.13. The van der Waals surface area contributed by atoms with Crippen LogP contribution in [0.2, 0.25) is 0 Å². The standard InChI is InChI=1S/C17H24N2O2/c1-3-12-21-16-6-4-15(5-7-16)18-17(20)13-14-8-10-19(2)11-9-14/h3-7,14H,1,8-13H2,2H3,(H,18,20). The zero-order valence-electron chi connectivity index (χ0n) is 12.7. The number of benzene rings is 1. The average molecular weight is 288 g/mol. The van der Waals surface area contributed by atoms with Crippen LogP contribution in [0.4, 0.5) is 5.69 Å². The van der Waals surface area contributed by atoms with E-state index in [4.69, 9.17) is 4.74 Å². The summed E-state index contributed by atoms with van der Waals surface area (Å²) in [6.45, 7) is 6.28. The van der Waals surface area contributed by atoms with Crippen molar-refractivity contribution < 1.29 is 9.53 Å². The second-order valence-electron chi connectivity index (χ2n) is 5.62. The minimum Gasteiger partial charge on any atom is -0.490 e. The maximum absolute atomic E-state index is 12.0. The monoisotopic (exact) mass is 288 g/mol. The lowest BCUT2D eigenvalue weighted by Crippen LogP contribution is -2.31. The van der Waals surface area contributed by atoms with Crippen LogP contribution < -0.4 is 10.1 Å². The Hall–Kier alpha value is -1.81. The molecule has 1 N–H and O–H groups in total. The van der Waals surface area contributed by atoms with Crippen molar-refractivity contribution in [3.63, 3.8) is 0 Å². The summed E-state index contributed by atoms with van der Waals surface area (Å²) in [5.74, 6) is 1.39. The van der Waals surface area contributed by atoms with Crippen molar-refractivity contribution in [3.05, 3.63) is 36.9 Å². The molecule has 0 saturated carbocycles. The van der Waals surface area contributed by atoms with Crippen molar-refractivity contribution in [1.29, 1.82) is 0 Å². The molecule has 0 bridgehead atoms. The second-order valence-corrected chi connectivity index (χ2v) is 5.62. The van der Waals surface area contributed by atoms with Crippen molar-refractivity contribution in [2.24, 2.45) is 5.92 Å². The number of carbonyl (C=O) groups is 1. The third kappa shape index (κ3) is 5.23. The van der Waals surface area contributed by atoms with Gasteiger partial charge in [-0.1, -0.05) is 12.7 Å². The van der Waals surface area contributed by atoms with E-state index < -0.39 is 0 Å². The molecule has 0 spiro atoms. The molecule has 1 heterocycles. The van der Waals surface area contributed by atoms with Crippen molar-refractivity contribution >= 4 is 11.6 Å². The number of nitrogens with one attached hydrogen (secondary N) is 1. The van der Waals surface area contributed by atoms with E-state index in [0.717, 1.165) is 37.4 Å². The summed E-state index contributed by atoms with van der Waals surface area (Å²) in [4.78, 5) is 14.4. The number of ether oxygens (including phenoxy) is 1. The molecule has 0 aliphatic carbocycles. The molecule has 21 heavy (non-hydrogen) atoms. The second kappa shape index (κ2) is 7.84. The van der Waals surface area contributed by atoms with E-state index in [2.05, 4.69) is 23.8 Å². The highest BCUT2D eigenvalue weighted by Crippen LogP contribution is 2.21.